The van der Waals surface area contributed by atoms with E-state index in [-0.39, 0.29) is 12.4 Å². The van der Waals surface area contributed by atoms with Crippen LogP contribution in [0.3, 0.4) is 0 Å². The molecule has 4 N–H and O–H groups in total. The molecule has 0 bridgehead atoms. The van der Waals surface area contributed by atoms with Crippen LogP contribution in [0.2, 0.25) is 0 Å². The highest BCUT2D eigenvalue weighted by Crippen LogP contribution is 2.22. The van der Waals surface area contributed by atoms with Crippen LogP contribution in [0.1, 0.15) is 27.7 Å². The van der Waals surface area contributed by atoms with Crippen molar-refractivity contribution in [2.75, 3.05) is 18.1 Å². The molecule has 0 heterocycles. The van der Waals surface area contributed by atoms with Gasteiger partial charge in [-0.05, 0) is 39.8 Å². The zero-order valence-electron chi connectivity index (χ0n) is 12.9. The largest absolute Gasteiger partial charge is 0.490 e. The second-order valence-electron chi connectivity index (χ2n) is 5.99. The maximum Gasteiger partial charge on any atom is 0.215 e. The van der Waals surface area contributed by atoms with E-state index in [4.69, 9.17) is 10.5 Å². The number of ether oxygens (including phenoxy) is 1. The third-order valence-corrected chi connectivity index (χ3v) is 4.99. The molecule has 0 unspecified atom stereocenters. The molecule has 0 aliphatic rings. The molecule has 0 saturated carbocycles. The first-order chi connectivity index (χ1) is 9.45. The molecule has 0 aliphatic heterocycles. The summed E-state index contributed by atoms with van der Waals surface area (Å²) in [5.74, 6) is 0.232. The smallest absolute Gasteiger partial charge is 0.215 e. The van der Waals surface area contributed by atoms with Crippen molar-refractivity contribution in [2.24, 2.45) is 0 Å². The number of hydrogen-bond acceptors (Lipinski definition) is 5. The number of hydrogen-bond donors (Lipinski definition) is 3. The number of nitrogen functional groups attached to an aromatic ring is 1. The van der Waals surface area contributed by atoms with Gasteiger partial charge in [0.05, 0.1) is 22.6 Å². The summed E-state index contributed by atoms with van der Waals surface area (Å²) in [6.45, 7) is 6.33. The summed E-state index contributed by atoms with van der Waals surface area (Å²) in [5.41, 5.74) is 3.99. The monoisotopic (exact) mass is 316 g/mol. The maximum atomic E-state index is 12.0. The van der Waals surface area contributed by atoms with Crippen LogP contribution in [0.15, 0.2) is 24.3 Å². The number of aliphatic hydroxyl groups is 1. The van der Waals surface area contributed by atoms with Crippen LogP contribution < -0.4 is 15.2 Å². The lowest BCUT2D eigenvalue weighted by molar-refractivity contribution is 0.00636. The van der Waals surface area contributed by atoms with Crippen molar-refractivity contribution in [3.05, 3.63) is 24.3 Å². The van der Waals surface area contributed by atoms with E-state index in [0.717, 1.165) is 0 Å². The van der Waals surface area contributed by atoms with Gasteiger partial charge in [-0.2, -0.15) is 0 Å². The molecule has 1 aromatic carbocycles. The van der Waals surface area contributed by atoms with Crippen LogP contribution >= 0.6 is 0 Å². The molecule has 0 saturated heterocycles. The Morgan fingerprint density at radius 1 is 1.24 bits per heavy atom. The minimum Gasteiger partial charge on any atom is -0.490 e. The predicted octanol–water partition coefficient (Wildman–Crippen LogP) is 1.12. The zero-order chi connectivity index (χ0) is 16.3. The number of rotatable bonds is 7. The van der Waals surface area contributed by atoms with Crippen LogP contribution in [0.5, 0.6) is 5.75 Å². The number of para-hydroxylation sites is 2. The highest BCUT2D eigenvalue weighted by atomic mass is 32.2. The zero-order valence-corrected chi connectivity index (χ0v) is 13.7. The molecule has 0 amide bonds. The van der Waals surface area contributed by atoms with E-state index in [1.807, 2.05) is 0 Å². The highest BCUT2D eigenvalue weighted by Gasteiger charge is 2.38. The van der Waals surface area contributed by atoms with E-state index in [9.17, 15) is 13.5 Å². The topological polar surface area (TPSA) is 102 Å². The van der Waals surface area contributed by atoms with Crippen LogP contribution in [0, 0.1) is 0 Å². The van der Waals surface area contributed by atoms with Crippen LogP contribution in [-0.4, -0.2) is 37.0 Å². The van der Waals surface area contributed by atoms with E-state index < -0.39 is 21.2 Å². The standard InChI is InChI=1S/C14H24N2O4S/c1-13(2,14(3,4)17)16-21(18,19)10-9-20-12-8-6-5-7-11(12)15/h5-8,16-17H,9-10,15H2,1-4H3. The lowest BCUT2D eigenvalue weighted by Gasteiger charge is -2.37. The summed E-state index contributed by atoms with van der Waals surface area (Å²) in [6, 6.07) is 6.89. The fourth-order valence-electron chi connectivity index (χ4n) is 1.44. The summed E-state index contributed by atoms with van der Waals surface area (Å²) >= 11 is 0. The first-order valence-corrected chi connectivity index (χ1v) is 8.31. The Bertz CT molecular complexity index is 577. The summed E-state index contributed by atoms with van der Waals surface area (Å²) in [6.07, 6.45) is 0. The van der Waals surface area contributed by atoms with E-state index in [1.54, 1.807) is 52.0 Å². The molecule has 0 aromatic heterocycles. The van der Waals surface area contributed by atoms with Gasteiger partial charge in [0, 0.05) is 0 Å². The Labute approximate surface area is 126 Å². The molecule has 0 atom stereocenters. The molecule has 0 fully saturated rings. The van der Waals surface area contributed by atoms with E-state index >= 15 is 0 Å². The third kappa shape index (κ3) is 5.18. The number of anilines is 1. The molecule has 21 heavy (non-hydrogen) atoms. The second kappa shape index (κ2) is 6.21. The highest BCUT2D eigenvalue weighted by molar-refractivity contribution is 7.89. The molecule has 0 aliphatic carbocycles. The lowest BCUT2D eigenvalue weighted by Crippen LogP contribution is -2.58. The minimum absolute atomic E-state index is 0.0223. The van der Waals surface area contributed by atoms with Crippen molar-refractivity contribution in [3.63, 3.8) is 0 Å². The minimum atomic E-state index is -3.58. The van der Waals surface area contributed by atoms with Crippen molar-refractivity contribution < 1.29 is 18.3 Å². The van der Waals surface area contributed by atoms with Gasteiger partial charge in [0.1, 0.15) is 12.4 Å². The molecule has 1 aromatic rings. The first-order valence-electron chi connectivity index (χ1n) is 6.66. The van der Waals surface area contributed by atoms with Gasteiger partial charge in [0.25, 0.3) is 0 Å². The van der Waals surface area contributed by atoms with Gasteiger partial charge in [-0.1, -0.05) is 12.1 Å². The molecule has 1 rings (SSSR count). The Balaban J connectivity index is 2.61. The van der Waals surface area contributed by atoms with Crippen molar-refractivity contribution in [2.45, 2.75) is 38.8 Å². The SMILES string of the molecule is CC(C)(O)C(C)(C)NS(=O)(=O)CCOc1ccccc1N. The fraction of sp³-hybridized carbons (Fsp3) is 0.571. The van der Waals surface area contributed by atoms with Crippen LogP contribution in [-0.2, 0) is 10.0 Å². The lowest BCUT2D eigenvalue weighted by atomic mass is 9.87. The average molecular weight is 316 g/mol. The first kappa shape index (κ1) is 17.7. The van der Waals surface area contributed by atoms with Crippen molar-refractivity contribution in [1.82, 2.24) is 4.72 Å². The quantitative estimate of drug-likeness (QED) is 0.654. The molecular weight excluding hydrogens is 292 g/mol. The Morgan fingerprint density at radius 3 is 2.33 bits per heavy atom. The number of sulfonamides is 1. The normalized spacial score (nSPS) is 13.2. The summed E-state index contributed by atoms with van der Waals surface area (Å²) < 4.78 is 31.9. The number of benzene rings is 1. The Morgan fingerprint density at radius 2 is 1.81 bits per heavy atom. The van der Waals surface area contributed by atoms with E-state index in [0.29, 0.717) is 11.4 Å². The fourth-order valence-corrected chi connectivity index (χ4v) is 2.87. The van der Waals surface area contributed by atoms with Gasteiger partial charge in [0.15, 0.2) is 0 Å². The van der Waals surface area contributed by atoms with E-state index in [1.165, 1.54) is 0 Å². The van der Waals surface area contributed by atoms with Crippen LogP contribution in [0.25, 0.3) is 0 Å². The van der Waals surface area contributed by atoms with Crippen molar-refractivity contribution in [3.8, 4) is 5.75 Å². The van der Waals surface area contributed by atoms with Crippen molar-refractivity contribution in [1.29, 1.82) is 0 Å². The summed E-state index contributed by atoms with van der Waals surface area (Å²) in [4.78, 5) is 0. The third-order valence-electron chi connectivity index (χ3n) is 3.47. The van der Waals surface area contributed by atoms with Crippen LogP contribution in [0.4, 0.5) is 5.69 Å². The van der Waals surface area contributed by atoms with Crippen molar-refractivity contribution >= 4 is 15.7 Å². The molecule has 120 valence electrons. The van der Waals surface area contributed by atoms with Gasteiger partial charge >= 0.3 is 0 Å². The molecule has 0 radical (unpaired) electrons. The molecule has 7 heteroatoms. The molecule has 0 spiro atoms. The van der Waals surface area contributed by atoms with Gasteiger partial charge in [0.2, 0.25) is 10.0 Å². The second-order valence-corrected chi connectivity index (χ2v) is 7.83. The predicted molar refractivity (Wildman–Crippen MR) is 83.6 cm³/mol. The van der Waals surface area contributed by atoms with Gasteiger partial charge < -0.3 is 15.6 Å². The maximum absolute atomic E-state index is 12.0. The molecular formula is C14H24N2O4S. The van der Waals surface area contributed by atoms with Gasteiger partial charge in [-0.25, -0.2) is 13.1 Å². The van der Waals surface area contributed by atoms with Gasteiger partial charge in [-0.15, -0.1) is 0 Å². The molecule has 6 nitrogen and oxygen atoms in total. The Kier molecular flexibility index (Phi) is 5.25. The number of nitrogens with one attached hydrogen (secondary N) is 1. The summed E-state index contributed by atoms with van der Waals surface area (Å²) in [5, 5.41) is 9.97. The van der Waals surface area contributed by atoms with Gasteiger partial charge in [-0.3, -0.25) is 0 Å². The summed E-state index contributed by atoms with van der Waals surface area (Å²) in [7, 11) is -3.58. The number of nitrogens with two attached hydrogens (primary N) is 1. The Hall–Kier alpha value is -1.31. The van der Waals surface area contributed by atoms with E-state index in [2.05, 4.69) is 4.72 Å². The average Bonchev–Trinajstić information content (AvgIpc) is 2.28.